The maximum atomic E-state index is 12.5. The monoisotopic (exact) mass is 271 g/mol. The van der Waals surface area contributed by atoms with Crippen LogP contribution >= 0.6 is 0 Å². The normalized spacial score (nSPS) is 16.4. The van der Waals surface area contributed by atoms with Crippen molar-refractivity contribution in [3.63, 3.8) is 0 Å². The standard InChI is InChI=1S/C17H21NO2/c1-13-7-8-15(14(12-13)6-5-11-19)16(20)18-17(2)9-3-4-10-17/h7-8,12,19H,3-4,9-11H2,1-2H3,(H,18,20). The summed E-state index contributed by atoms with van der Waals surface area (Å²) in [6, 6.07) is 5.61. The lowest BCUT2D eigenvalue weighted by atomic mass is 9.98. The van der Waals surface area contributed by atoms with Gasteiger partial charge in [0.25, 0.3) is 5.91 Å². The molecule has 0 aliphatic heterocycles. The molecule has 0 aromatic heterocycles. The molecule has 2 rings (SSSR count). The van der Waals surface area contributed by atoms with Gasteiger partial charge in [-0.1, -0.05) is 30.7 Å². The second-order valence-electron chi connectivity index (χ2n) is 5.73. The van der Waals surface area contributed by atoms with E-state index in [-0.39, 0.29) is 18.1 Å². The largest absolute Gasteiger partial charge is 0.384 e. The lowest BCUT2D eigenvalue weighted by Crippen LogP contribution is -2.43. The lowest BCUT2D eigenvalue weighted by Gasteiger charge is -2.25. The summed E-state index contributed by atoms with van der Waals surface area (Å²) in [5.74, 6) is 5.40. The van der Waals surface area contributed by atoms with Gasteiger partial charge in [0.05, 0.1) is 5.56 Å². The summed E-state index contributed by atoms with van der Waals surface area (Å²) in [6.45, 7) is 3.86. The molecule has 1 saturated carbocycles. The van der Waals surface area contributed by atoms with Crippen LogP contribution in [0.4, 0.5) is 0 Å². The SMILES string of the molecule is Cc1ccc(C(=O)NC2(C)CCCC2)c(C#CCO)c1. The van der Waals surface area contributed by atoms with Crippen LogP contribution in [0.5, 0.6) is 0 Å². The van der Waals surface area contributed by atoms with Crippen LogP contribution < -0.4 is 5.32 Å². The van der Waals surface area contributed by atoms with E-state index >= 15 is 0 Å². The molecule has 20 heavy (non-hydrogen) atoms. The van der Waals surface area contributed by atoms with Crippen molar-refractivity contribution in [2.45, 2.75) is 45.1 Å². The molecule has 0 unspecified atom stereocenters. The average molecular weight is 271 g/mol. The van der Waals surface area contributed by atoms with Crippen molar-refractivity contribution in [3.8, 4) is 11.8 Å². The Balaban J connectivity index is 2.25. The highest BCUT2D eigenvalue weighted by atomic mass is 16.2. The van der Waals surface area contributed by atoms with Crippen molar-refractivity contribution in [1.82, 2.24) is 5.32 Å². The molecule has 0 atom stereocenters. The van der Waals surface area contributed by atoms with Crippen molar-refractivity contribution in [2.24, 2.45) is 0 Å². The molecule has 0 heterocycles. The average Bonchev–Trinajstić information content (AvgIpc) is 2.82. The van der Waals surface area contributed by atoms with Crippen LogP contribution in [0.1, 0.15) is 54.1 Å². The first-order valence-corrected chi connectivity index (χ1v) is 7.07. The summed E-state index contributed by atoms with van der Waals surface area (Å²) in [5.41, 5.74) is 2.22. The Bertz CT molecular complexity index is 560. The van der Waals surface area contributed by atoms with E-state index in [0.29, 0.717) is 11.1 Å². The number of hydrogen-bond donors (Lipinski definition) is 2. The maximum Gasteiger partial charge on any atom is 0.252 e. The van der Waals surface area contributed by atoms with Gasteiger partial charge in [-0.25, -0.2) is 0 Å². The molecule has 0 bridgehead atoms. The van der Waals surface area contributed by atoms with Crippen LogP contribution in [0.3, 0.4) is 0 Å². The molecule has 1 aliphatic carbocycles. The Kier molecular flexibility index (Phi) is 4.46. The third kappa shape index (κ3) is 3.40. The molecule has 0 radical (unpaired) electrons. The van der Waals surface area contributed by atoms with Gasteiger partial charge >= 0.3 is 0 Å². The minimum Gasteiger partial charge on any atom is -0.384 e. The van der Waals surface area contributed by atoms with E-state index in [9.17, 15) is 4.79 Å². The topological polar surface area (TPSA) is 49.3 Å². The molecule has 3 nitrogen and oxygen atoms in total. The zero-order chi connectivity index (χ0) is 14.6. The van der Waals surface area contributed by atoms with Crippen LogP contribution in [-0.4, -0.2) is 23.2 Å². The fourth-order valence-electron chi connectivity index (χ4n) is 2.72. The molecule has 2 N–H and O–H groups in total. The van der Waals surface area contributed by atoms with Gasteiger partial charge in [-0.15, -0.1) is 0 Å². The second-order valence-corrected chi connectivity index (χ2v) is 5.73. The van der Waals surface area contributed by atoms with Crippen LogP contribution in [-0.2, 0) is 0 Å². The Hall–Kier alpha value is -1.79. The number of nitrogens with one attached hydrogen (secondary N) is 1. The van der Waals surface area contributed by atoms with Gasteiger partial charge in [0.1, 0.15) is 6.61 Å². The van der Waals surface area contributed by atoms with E-state index in [1.807, 2.05) is 25.1 Å². The third-order valence-electron chi connectivity index (χ3n) is 3.84. The maximum absolute atomic E-state index is 12.5. The molecule has 1 aromatic rings. The number of hydrogen-bond acceptors (Lipinski definition) is 2. The number of aryl methyl sites for hydroxylation is 1. The highest BCUT2D eigenvalue weighted by molar-refractivity contribution is 5.97. The fourth-order valence-corrected chi connectivity index (χ4v) is 2.72. The van der Waals surface area contributed by atoms with E-state index in [0.717, 1.165) is 18.4 Å². The number of aliphatic hydroxyl groups is 1. The highest BCUT2D eigenvalue weighted by Crippen LogP contribution is 2.29. The van der Waals surface area contributed by atoms with Gasteiger partial charge in [-0.3, -0.25) is 4.79 Å². The Morgan fingerprint density at radius 1 is 1.40 bits per heavy atom. The Morgan fingerprint density at radius 2 is 2.10 bits per heavy atom. The molecule has 1 amide bonds. The lowest BCUT2D eigenvalue weighted by molar-refractivity contribution is 0.0908. The summed E-state index contributed by atoms with van der Waals surface area (Å²) in [4.78, 5) is 12.5. The summed E-state index contributed by atoms with van der Waals surface area (Å²) in [6.07, 6.45) is 4.40. The summed E-state index contributed by atoms with van der Waals surface area (Å²) < 4.78 is 0. The van der Waals surface area contributed by atoms with Gasteiger partial charge in [-0.2, -0.15) is 0 Å². The van der Waals surface area contributed by atoms with Crippen LogP contribution in [0.2, 0.25) is 0 Å². The molecule has 1 fully saturated rings. The molecule has 1 aromatic carbocycles. The number of benzene rings is 1. The minimum absolute atomic E-state index is 0.0726. The fraction of sp³-hybridized carbons (Fsp3) is 0.471. The molecular weight excluding hydrogens is 250 g/mol. The van der Waals surface area contributed by atoms with Crippen molar-refractivity contribution < 1.29 is 9.90 Å². The van der Waals surface area contributed by atoms with Crippen molar-refractivity contribution in [1.29, 1.82) is 0 Å². The first-order valence-electron chi connectivity index (χ1n) is 7.07. The van der Waals surface area contributed by atoms with E-state index in [4.69, 9.17) is 5.11 Å². The summed E-state index contributed by atoms with van der Waals surface area (Å²) >= 11 is 0. The zero-order valence-corrected chi connectivity index (χ0v) is 12.1. The number of aliphatic hydroxyl groups excluding tert-OH is 1. The number of carbonyl (C=O) groups excluding carboxylic acids is 1. The third-order valence-corrected chi connectivity index (χ3v) is 3.84. The van der Waals surface area contributed by atoms with Gasteiger partial charge in [0.15, 0.2) is 0 Å². The number of amides is 1. The number of carbonyl (C=O) groups is 1. The predicted molar refractivity (Wildman–Crippen MR) is 79.5 cm³/mol. The van der Waals surface area contributed by atoms with Crippen LogP contribution in [0.15, 0.2) is 18.2 Å². The van der Waals surface area contributed by atoms with E-state index in [1.165, 1.54) is 12.8 Å². The van der Waals surface area contributed by atoms with Crippen LogP contribution in [0, 0.1) is 18.8 Å². The van der Waals surface area contributed by atoms with Gasteiger partial charge in [0, 0.05) is 11.1 Å². The first-order chi connectivity index (χ1) is 9.54. The minimum atomic E-state index is -0.202. The second kappa shape index (κ2) is 6.11. The van der Waals surface area contributed by atoms with Crippen molar-refractivity contribution >= 4 is 5.91 Å². The predicted octanol–water partition coefficient (Wildman–Crippen LogP) is 2.40. The van der Waals surface area contributed by atoms with E-state index < -0.39 is 0 Å². The molecule has 106 valence electrons. The Labute approximate surface area is 120 Å². The van der Waals surface area contributed by atoms with E-state index in [2.05, 4.69) is 24.1 Å². The van der Waals surface area contributed by atoms with Gasteiger partial charge < -0.3 is 10.4 Å². The summed E-state index contributed by atoms with van der Waals surface area (Å²) in [7, 11) is 0. The quantitative estimate of drug-likeness (QED) is 0.812. The van der Waals surface area contributed by atoms with Gasteiger partial charge in [0.2, 0.25) is 0 Å². The van der Waals surface area contributed by atoms with Crippen molar-refractivity contribution in [3.05, 3.63) is 34.9 Å². The first kappa shape index (κ1) is 14.6. The molecule has 1 aliphatic rings. The number of rotatable bonds is 2. The zero-order valence-electron chi connectivity index (χ0n) is 12.1. The molecule has 3 heteroatoms. The molecule has 0 spiro atoms. The highest BCUT2D eigenvalue weighted by Gasteiger charge is 2.30. The smallest absolute Gasteiger partial charge is 0.252 e. The molecule has 0 saturated heterocycles. The van der Waals surface area contributed by atoms with Gasteiger partial charge in [-0.05, 0) is 44.4 Å². The summed E-state index contributed by atoms with van der Waals surface area (Å²) in [5, 5.41) is 12.0. The Morgan fingerprint density at radius 3 is 2.75 bits per heavy atom. The van der Waals surface area contributed by atoms with Crippen molar-refractivity contribution in [2.75, 3.05) is 6.61 Å². The van der Waals surface area contributed by atoms with E-state index in [1.54, 1.807) is 0 Å². The van der Waals surface area contributed by atoms with Crippen LogP contribution in [0.25, 0.3) is 0 Å². The molecular formula is C17H21NO2.